The van der Waals surface area contributed by atoms with Crippen molar-refractivity contribution in [3.63, 3.8) is 0 Å². The molecule has 19 heavy (non-hydrogen) atoms. The summed E-state index contributed by atoms with van der Waals surface area (Å²) < 4.78 is 0. The summed E-state index contributed by atoms with van der Waals surface area (Å²) in [5, 5.41) is 11.8. The molecule has 2 aromatic carbocycles. The van der Waals surface area contributed by atoms with E-state index in [1.54, 1.807) is 0 Å². The molecule has 0 saturated carbocycles. The largest absolute Gasteiger partial charge is 0.481 e. The lowest BCUT2D eigenvalue weighted by Crippen LogP contribution is -1.91. The summed E-state index contributed by atoms with van der Waals surface area (Å²) in [6.45, 7) is 0. The smallest absolute Gasteiger partial charge is 0.315 e. The molecule has 0 amide bonds. The third-order valence-electron chi connectivity index (χ3n) is 2.40. The predicted molar refractivity (Wildman–Crippen MR) is 75.3 cm³/mol. The Morgan fingerprint density at radius 1 is 1.05 bits per heavy atom. The number of carboxylic acids is 1. The van der Waals surface area contributed by atoms with Crippen molar-refractivity contribution in [1.82, 2.24) is 0 Å². The van der Waals surface area contributed by atoms with Gasteiger partial charge in [0.05, 0.1) is 0 Å². The summed E-state index contributed by atoms with van der Waals surface area (Å²) in [5.74, 6) is 4.54. The van der Waals surface area contributed by atoms with Crippen LogP contribution in [0.15, 0.2) is 54.6 Å². The zero-order valence-electron chi connectivity index (χ0n) is 10.3. The van der Waals surface area contributed by atoms with Gasteiger partial charge in [-0.15, -0.1) is 0 Å². The SMILES string of the molecule is O=C(O)CC#Cc1cccc(Nc2ccccc2)c1. The number of benzene rings is 2. The summed E-state index contributed by atoms with van der Waals surface area (Å²) in [6.07, 6.45) is -0.143. The van der Waals surface area contributed by atoms with Crippen molar-refractivity contribution < 1.29 is 9.90 Å². The molecule has 0 aliphatic heterocycles. The lowest BCUT2D eigenvalue weighted by Gasteiger charge is -2.06. The van der Waals surface area contributed by atoms with E-state index >= 15 is 0 Å². The van der Waals surface area contributed by atoms with Crippen molar-refractivity contribution in [3.05, 3.63) is 60.2 Å². The number of carbonyl (C=O) groups is 1. The van der Waals surface area contributed by atoms with E-state index in [1.165, 1.54) is 0 Å². The highest BCUT2D eigenvalue weighted by atomic mass is 16.4. The van der Waals surface area contributed by atoms with Crippen LogP contribution in [0, 0.1) is 11.8 Å². The summed E-state index contributed by atoms with van der Waals surface area (Å²) in [4.78, 5) is 10.4. The molecule has 0 bridgehead atoms. The molecule has 0 aromatic heterocycles. The molecule has 2 N–H and O–H groups in total. The van der Waals surface area contributed by atoms with Gasteiger partial charge in [-0.05, 0) is 30.3 Å². The first-order valence-electron chi connectivity index (χ1n) is 5.87. The van der Waals surface area contributed by atoms with E-state index in [9.17, 15) is 4.79 Å². The van der Waals surface area contributed by atoms with Crippen LogP contribution >= 0.6 is 0 Å². The average molecular weight is 251 g/mol. The van der Waals surface area contributed by atoms with Gasteiger partial charge < -0.3 is 10.4 Å². The Kier molecular flexibility index (Phi) is 4.20. The van der Waals surface area contributed by atoms with E-state index < -0.39 is 5.97 Å². The summed E-state index contributed by atoms with van der Waals surface area (Å²) >= 11 is 0. The van der Waals surface area contributed by atoms with Gasteiger partial charge in [0.2, 0.25) is 0 Å². The first-order valence-corrected chi connectivity index (χ1v) is 5.87. The Bertz CT molecular complexity index is 624. The molecule has 0 atom stereocenters. The van der Waals surface area contributed by atoms with Crippen LogP contribution in [0.25, 0.3) is 0 Å². The van der Waals surface area contributed by atoms with Crippen LogP contribution in [0.1, 0.15) is 12.0 Å². The van der Waals surface area contributed by atoms with Crippen molar-refractivity contribution in [2.24, 2.45) is 0 Å². The number of hydrogen-bond acceptors (Lipinski definition) is 2. The molecule has 0 saturated heterocycles. The first kappa shape index (κ1) is 12.7. The number of para-hydroxylation sites is 1. The van der Waals surface area contributed by atoms with Gasteiger partial charge in [0.15, 0.2) is 0 Å². The molecule has 0 unspecified atom stereocenters. The molecular formula is C16H13NO2. The Balaban J connectivity index is 2.10. The fourth-order valence-electron chi connectivity index (χ4n) is 1.58. The van der Waals surface area contributed by atoms with Crippen LogP contribution in [0.3, 0.4) is 0 Å². The molecular weight excluding hydrogens is 238 g/mol. The van der Waals surface area contributed by atoms with Gasteiger partial charge >= 0.3 is 5.97 Å². The topological polar surface area (TPSA) is 49.3 Å². The summed E-state index contributed by atoms with van der Waals surface area (Å²) in [5.41, 5.74) is 2.72. The second-order valence-electron chi connectivity index (χ2n) is 3.94. The molecule has 2 rings (SSSR count). The second-order valence-corrected chi connectivity index (χ2v) is 3.94. The molecule has 94 valence electrons. The predicted octanol–water partition coefficient (Wildman–Crippen LogP) is 3.26. The van der Waals surface area contributed by atoms with Gasteiger partial charge in [-0.2, -0.15) is 0 Å². The van der Waals surface area contributed by atoms with Gasteiger partial charge in [-0.25, -0.2) is 0 Å². The van der Waals surface area contributed by atoms with Crippen molar-refractivity contribution in [2.75, 3.05) is 5.32 Å². The molecule has 3 nitrogen and oxygen atoms in total. The number of nitrogens with one attached hydrogen (secondary N) is 1. The van der Waals surface area contributed by atoms with Crippen LogP contribution in [-0.2, 0) is 4.79 Å². The van der Waals surface area contributed by atoms with E-state index in [-0.39, 0.29) is 6.42 Å². The van der Waals surface area contributed by atoms with Crippen molar-refractivity contribution >= 4 is 17.3 Å². The minimum Gasteiger partial charge on any atom is -0.481 e. The maximum Gasteiger partial charge on any atom is 0.315 e. The van der Waals surface area contributed by atoms with Crippen LogP contribution in [-0.4, -0.2) is 11.1 Å². The second kappa shape index (κ2) is 6.27. The van der Waals surface area contributed by atoms with E-state index in [2.05, 4.69) is 17.2 Å². The van der Waals surface area contributed by atoms with Gasteiger partial charge in [0.1, 0.15) is 6.42 Å². The number of aliphatic carboxylic acids is 1. The van der Waals surface area contributed by atoms with E-state index in [0.29, 0.717) is 0 Å². The van der Waals surface area contributed by atoms with Crippen molar-refractivity contribution in [2.45, 2.75) is 6.42 Å². The molecule has 0 radical (unpaired) electrons. The molecule has 2 aromatic rings. The van der Waals surface area contributed by atoms with E-state index in [0.717, 1.165) is 16.9 Å². The Morgan fingerprint density at radius 3 is 2.53 bits per heavy atom. The van der Waals surface area contributed by atoms with E-state index in [4.69, 9.17) is 5.11 Å². The summed E-state index contributed by atoms with van der Waals surface area (Å²) in [6, 6.07) is 17.4. The van der Waals surface area contributed by atoms with E-state index in [1.807, 2.05) is 54.6 Å². The lowest BCUT2D eigenvalue weighted by atomic mass is 10.2. The standard InChI is InChI=1S/C16H13NO2/c18-16(19)11-5-7-13-6-4-10-15(12-13)17-14-8-2-1-3-9-14/h1-4,6,8-10,12,17H,11H2,(H,18,19). The normalized spacial score (nSPS) is 9.26. The minimum absolute atomic E-state index is 0.143. The third kappa shape index (κ3) is 4.21. The number of rotatable bonds is 3. The molecule has 0 fully saturated rings. The molecule has 3 heteroatoms. The monoisotopic (exact) mass is 251 g/mol. The summed E-state index contributed by atoms with van der Waals surface area (Å²) in [7, 11) is 0. The molecule has 0 aliphatic rings. The van der Waals surface area contributed by atoms with Gasteiger partial charge in [-0.3, -0.25) is 4.79 Å². The first-order chi connectivity index (χ1) is 9.24. The highest BCUT2D eigenvalue weighted by molar-refractivity contribution is 5.70. The number of carboxylic acid groups (broad SMARTS) is 1. The fraction of sp³-hybridized carbons (Fsp3) is 0.0625. The molecule has 0 aliphatic carbocycles. The maximum atomic E-state index is 10.4. The van der Waals surface area contributed by atoms with Gasteiger partial charge in [0, 0.05) is 16.9 Å². The van der Waals surface area contributed by atoms with Gasteiger partial charge in [-0.1, -0.05) is 36.1 Å². The van der Waals surface area contributed by atoms with Crippen LogP contribution in [0.5, 0.6) is 0 Å². The van der Waals surface area contributed by atoms with Gasteiger partial charge in [0.25, 0.3) is 0 Å². The van der Waals surface area contributed by atoms with Crippen molar-refractivity contribution in [3.8, 4) is 11.8 Å². The Labute approximate surface area is 111 Å². The quantitative estimate of drug-likeness (QED) is 0.823. The Morgan fingerprint density at radius 2 is 1.79 bits per heavy atom. The average Bonchev–Trinajstić information content (AvgIpc) is 2.40. The zero-order valence-corrected chi connectivity index (χ0v) is 10.3. The number of anilines is 2. The Hall–Kier alpha value is -2.73. The van der Waals surface area contributed by atoms with Crippen molar-refractivity contribution in [1.29, 1.82) is 0 Å². The lowest BCUT2D eigenvalue weighted by molar-refractivity contribution is -0.135. The van der Waals surface area contributed by atoms with Crippen LogP contribution < -0.4 is 5.32 Å². The highest BCUT2D eigenvalue weighted by Gasteiger charge is 1.95. The highest BCUT2D eigenvalue weighted by Crippen LogP contribution is 2.16. The molecule has 0 spiro atoms. The van der Waals surface area contributed by atoms with Crippen LogP contribution in [0.4, 0.5) is 11.4 Å². The minimum atomic E-state index is -0.911. The zero-order chi connectivity index (χ0) is 13.5. The molecule has 0 heterocycles. The number of hydrogen-bond donors (Lipinski definition) is 2. The maximum absolute atomic E-state index is 10.4. The fourth-order valence-corrected chi connectivity index (χ4v) is 1.58. The van der Waals surface area contributed by atoms with Crippen LogP contribution in [0.2, 0.25) is 0 Å². The third-order valence-corrected chi connectivity index (χ3v) is 2.40.